The smallest absolute Gasteiger partial charge is 0.160 e. The van der Waals surface area contributed by atoms with Crippen molar-refractivity contribution in [1.29, 1.82) is 0 Å². The Morgan fingerprint density at radius 2 is 2.23 bits per heavy atom. The number of hydrogen-bond donors (Lipinski definition) is 1. The fourth-order valence-corrected chi connectivity index (χ4v) is 1.11. The predicted molar refractivity (Wildman–Crippen MR) is 54.0 cm³/mol. The molecule has 0 fully saturated rings. The van der Waals surface area contributed by atoms with Gasteiger partial charge in [0.2, 0.25) is 0 Å². The van der Waals surface area contributed by atoms with Gasteiger partial charge < -0.3 is 9.84 Å². The van der Waals surface area contributed by atoms with Crippen molar-refractivity contribution in [2.75, 3.05) is 6.61 Å². The third-order valence-corrected chi connectivity index (χ3v) is 1.64. The summed E-state index contributed by atoms with van der Waals surface area (Å²) in [6.45, 7) is 4.39. The van der Waals surface area contributed by atoms with Gasteiger partial charge in [-0.15, -0.1) is 0 Å². The number of aromatic hydroxyl groups is 1. The summed E-state index contributed by atoms with van der Waals surface area (Å²) in [6.07, 6.45) is 3.85. The first-order chi connectivity index (χ1) is 6.27. The molecule has 1 aromatic carbocycles. The Hall–Kier alpha value is -1.44. The van der Waals surface area contributed by atoms with E-state index in [2.05, 4.69) is 0 Å². The highest BCUT2D eigenvalue weighted by molar-refractivity contribution is 5.55. The molecule has 0 aromatic heterocycles. The van der Waals surface area contributed by atoms with Gasteiger partial charge in [-0.3, -0.25) is 0 Å². The summed E-state index contributed by atoms with van der Waals surface area (Å²) in [7, 11) is 0. The summed E-state index contributed by atoms with van der Waals surface area (Å²) in [6, 6.07) is 5.36. The molecule has 13 heavy (non-hydrogen) atoms. The number of allylic oxidation sites excluding steroid dienone is 1. The van der Waals surface area contributed by atoms with Gasteiger partial charge in [-0.05, 0) is 31.5 Å². The highest BCUT2D eigenvalue weighted by atomic mass is 16.5. The van der Waals surface area contributed by atoms with Crippen LogP contribution < -0.4 is 4.74 Å². The fraction of sp³-hybridized carbons (Fsp3) is 0.273. The summed E-state index contributed by atoms with van der Waals surface area (Å²) in [5.74, 6) is 0.730. The molecule has 1 N–H and O–H groups in total. The molecule has 0 aliphatic rings. The van der Waals surface area contributed by atoms with Gasteiger partial charge in [-0.2, -0.15) is 0 Å². The summed E-state index contributed by atoms with van der Waals surface area (Å²) in [4.78, 5) is 0. The van der Waals surface area contributed by atoms with Crippen LogP contribution in [0.3, 0.4) is 0 Å². The first-order valence-electron chi connectivity index (χ1n) is 4.36. The predicted octanol–water partition coefficient (Wildman–Crippen LogP) is 2.82. The van der Waals surface area contributed by atoms with E-state index in [1.807, 2.05) is 32.1 Å². The molecule has 0 bridgehead atoms. The van der Waals surface area contributed by atoms with E-state index in [9.17, 15) is 5.11 Å². The lowest BCUT2D eigenvalue weighted by Crippen LogP contribution is -1.91. The average Bonchev–Trinajstić information content (AvgIpc) is 2.10. The van der Waals surface area contributed by atoms with Crippen molar-refractivity contribution in [3.63, 3.8) is 0 Å². The molecule has 0 unspecified atom stereocenters. The number of phenols is 1. The number of hydrogen-bond acceptors (Lipinski definition) is 2. The summed E-state index contributed by atoms with van der Waals surface area (Å²) < 4.78 is 5.20. The van der Waals surface area contributed by atoms with Crippen molar-refractivity contribution < 1.29 is 9.84 Å². The molecule has 0 saturated carbocycles. The number of ether oxygens (including phenoxy) is 1. The average molecular weight is 178 g/mol. The van der Waals surface area contributed by atoms with Gasteiger partial charge >= 0.3 is 0 Å². The lowest BCUT2D eigenvalue weighted by Gasteiger charge is -2.05. The second-order valence-electron chi connectivity index (χ2n) is 2.66. The zero-order chi connectivity index (χ0) is 9.68. The molecule has 0 saturated heterocycles. The summed E-state index contributed by atoms with van der Waals surface area (Å²) in [5.41, 5.74) is 0.975. The Bertz CT molecular complexity index is 303. The van der Waals surface area contributed by atoms with Crippen molar-refractivity contribution >= 4 is 6.08 Å². The number of phenolic OH excluding ortho intramolecular Hbond substituents is 1. The Balaban J connectivity index is 2.91. The molecule has 2 heteroatoms. The minimum atomic E-state index is 0.192. The summed E-state index contributed by atoms with van der Waals surface area (Å²) >= 11 is 0. The van der Waals surface area contributed by atoms with Gasteiger partial charge in [0.05, 0.1) is 6.61 Å². The molecule has 0 radical (unpaired) electrons. The van der Waals surface area contributed by atoms with Crippen LogP contribution >= 0.6 is 0 Å². The lowest BCUT2D eigenvalue weighted by atomic mass is 10.2. The zero-order valence-corrected chi connectivity index (χ0v) is 7.95. The standard InChI is InChI=1S/C11H14O2/c1-3-5-9-6-7-11(13-4-2)10(12)8-9/h3,5-8,12H,4H2,1-2H3/b5-3-. The Morgan fingerprint density at radius 3 is 2.77 bits per heavy atom. The van der Waals surface area contributed by atoms with Crippen molar-refractivity contribution in [2.24, 2.45) is 0 Å². The van der Waals surface area contributed by atoms with E-state index in [-0.39, 0.29) is 5.75 Å². The van der Waals surface area contributed by atoms with Crippen molar-refractivity contribution in [3.05, 3.63) is 29.8 Å². The van der Waals surface area contributed by atoms with Crippen LogP contribution in [-0.4, -0.2) is 11.7 Å². The van der Waals surface area contributed by atoms with E-state index in [0.717, 1.165) is 5.56 Å². The van der Waals surface area contributed by atoms with Crippen LogP contribution in [0.15, 0.2) is 24.3 Å². The maximum atomic E-state index is 9.49. The lowest BCUT2D eigenvalue weighted by molar-refractivity contribution is 0.318. The maximum absolute atomic E-state index is 9.49. The second kappa shape index (κ2) is 4.55. The SMILES string of the molecule is C/C=C\c1ccc(OCC)c(O)c1. The van der Waals surface area contributed by atoms with Crippen LogP contribution in [0, 0.1) is 0 Å². The first kappa shape index (κ1) is 9.65. The third kappa shape index (κ3) is 2.51. The molecule has 70 valence electrons. The van der Waals surface area contributed by atoms with Gasteiger partial charge in [0.1, 0.15) is 0 Å². The Labute approximate surface area is 78.5 Å². The second-order valence-corrected chi connectivity index (χ2v) is 2.66. The largest absolute Gasteiger partial charge is 0.504 e. The first-order valence-corrected chi connectivity index (χ1v) is 4.36. The van der Waals surface area contributed by atoms with Crippen LogP contribution in [0.2, 0.25) is 0 Å². The number of rotatable bonds is 3. The molecule has 1 aromatic rings. The Morgan fingerprint density at radius 1 is 1.46 bits per heavy atom. The molecule has 0 aliphatic heterocycles. The molecule has 0 amide bonds. The van der Waals surface area contributed by atoms with E-state index in [0.29, 0.717) is 12.4 Å². The van der Waals surface area contributed by atoms with Crippen molar-refractivity contribution in [2.45, 2.75) is 13.8 Å². The fourth-order valence-electron chi connectivity index (χ4n) is 1.11. The van der Waals surface area contributed by atoms with E-state index >= 15 is 0 Å². The molecule has 0 atom stereocenters. The molecule has 1 rings (SSSR count). The minimum Gasteiger partial charge on any atom is -0.504 e. The van der Waals surface area contributed by atoms with Crippen LogP contribution in [0.4, 0.5) is 0 Å². The van der Waals surface area contributed by atoms with Gasteiger partial charge in [0, 0.05) is 0 Å². The maximum Gasteiger partial charge on any atom is 0.160 e. The van der Waals surface area contributed by atoms with Crippen LogP contribution in [-0.2, 0) is 0 Å². The van der Waals surface area contributed by atoms with Crippen LogP contribution in [0.5, 0.6) is 11.5 Å². The van der Waals surface area contributed by atoms with E-state index < -0.39 is 0 Å². The monoisotopic (exact) mass is 178 g/mol. The third-order valence-electron chi connectivity index (χ3n) is 1.64. The van der Waals surface area contributed by atoms with Gasteiger partial charge in [0.25, 0.3) is 0 Å². The Kier molecular flexibility index (Phi) is 3.38. The van der Waals surface area contributed by atoms with E-state index in [4.69, 9.17) is 4.74 Å². The van der Waals surface area contributed by atoms with E-state index in [1.165, 1.54) is 0 Å². The zero-order valence-electron chi connectivity index (χ0n) is 7.95. The summed E-state index contributed by atoms with van der Waals surface area (Å²) in [5, 5.41) is 9.49. The highest BCUT2D eigenvalue weighted by Gasteiger charge is 2.00. The molecule has 0 aliphatic carbocycles. The van der Waals surface area contributed by atoms with Gasteiger partial charge in [-0.25, -0.2) is 0 Å². The van der Waals surface area contributed by atoms with Crippen molar-refractivity contribution in [3.8, 4) is 11.5 Å². The van der Waals surface area contributed by atoms with E-state index in [1.54, 1.807) is 12.1 Å². The molecule has 2 nitrogen and oxygen atoms in total. The number of benzene rings is 1. The van der Waals surface area contributed by atoms with Crippen molar-refractivity contribution in [1.82, 2.24) is 0 Å². The normalized spacial score (nSPS) is 10.6. The quantitative estimate of drug-likeness (QED) is 0.771. The molecule has 0 spiro atoms. The van der Waals surface area contributed by atoms with Gasteiger partial charge in [0.15, 0.2) is 11.5 Å². The molecular formula is C11H14O2. The molecule has 0 heterocycles. The van der Waals surface area contributed by atoms with Crippen LogP contribution in [0.1, 0.15) is 19.4 Å². The van der Waals surface area contributed by atoms with Gasteiger partial charge in [-0.1, -0.05) is 18.2 Å². The minimum absolute atomic E-state index is 0.192. The molecular weight excluding hydrogens is 164 g/mol. The topological polar surface area (TPSA) is 29.5 Å². The highest BCUT2D eigenvalue weighted by Crippen LogP contribution is 2.27. The van der Waals surface area contributed by atoms with Crippen LogP contribution in [0.25, 0.3) is 6.08 Å².